The van der Waals surface area contributed by atoms with Gasteiger partial charge < -0.3 is 9.72 Å². The molecule has 7 nitrogen and oxygen atoms in total. The van der Waals surface area contributed by atoms with E-state index in [4.69, 9.17) is 4.74 Å². The number of esters is 1. The molecule has 2 heterocycles. The zero-order valence-electron chi connectivity index (χ0n) is 18.0. The Hall–Kier alpha value is -3.61. The largest absolute Gasteiger partial charge is 0.467 e. The molecule has 160 valence electrons. The molecule has 31 heavy (non-hydrogen) atoms. The molecule has 4 rings (SSSR count). The first kappa shape index (κ1) is 20.7. The second kappa shape index (κ2) is 7.91. The van der Waals surface area contributed by atoms with Crippen LogP contribution >= 0.6 is 0 Å². The van der Waals surface area contributed by atoms with Crippen LogP contribution in [-0.2, 0) is 9.53 Å². The lowest BCUT2D eigenvalue weighted by molar-refractivity contribution is -0.144. The van der Waals surface area contributed by atoms with Crippen molar-refractivity contribution in [2.45, 2.75) is 39.3 Å². The van der Waals surface area contributed by atoms with E-state index in [1.807, 2.05) is 38.2 Å². The van der Waals surface area contributed by atoms with Crippen LogP contribution in [0.4, 0.5) is 0 Å². The second-order valence-corrected chi connectivity index (χ2v) is 7.71. The minimum atomic E-state index is -0.988. The van der Waals surface area contributed by atoms with E-state index in [1.165, 1.54) is 7.11 Å². The summed E-state index contributed by atoms with van der Waals surface area (Å²) in [6.07, 6.45) is 2.16. The fourth-order valence-corrected chi connectivity index (χ4v) is 4.41. The summed E-state index contributed by atoms with van der Waals surface area (Å²) < 4.78 is 7.50. The number of nitrogens with one attached hydrogen (secondary N) is 1. The van der Waals surface area contributed by atoms with Crippen LogP contribution in [0.5, 0.6) is 0 Å². The van der Waals surface area contributed by atoms with Crippen LogP contribution in [-0.4, -0.2) is 27.2 Å². The Morgan fingerprint density at radius 3 is 2.55 bits per heavy atom. The first-order valence-electron chi connectivity index (χ1n) is 10.3. The average Bonchev–Trinajstić information content (AvgIpc) is 3.22. The van der Waals surface area contributed by atoms with E-state index in [1.54, 1.807) is 35.8 Å². The number of ether oxygens (including phenoxy) is 1. The highest BCUT2D eigenvalue weighted by atomic mass is 16.5. The van der Waals surface area contributed by atoms with Gasteiger partial charge in [0.15, 0.2) is 0 Å². The first-order valence-corrected chi connectivity index (χ1v) is 10.3. The lowest BCUT2D eigenvalue weighted by Crippen LogP contribution is -2.45. The van der Waals surface area contributed by atoms with Crippen molar-refractivity contribution < 1.29 is 9.53 Å². The zero-order chi connectivity index (χ0) is 22.3. The Morgan fingerprint density at radius 2 is 1.84 bits per heavy atom. The van der Waals surface area contributed by atoms with Crippen molar-refractivity contribution in [1.29, 1.82) is 0 Å². The van der Waals surface area contributed by atoms with Gasteiger partial charge in [-0.15, -0.1) is 0 Å². The molecule has 2 aromatic carbocycles. The number of H-pyrrole nitrogens is 1. The highest BCUT2D eigenvalue weighted by molar-refractivity contribution is 5.87. The molecule has 0 saturated carbocycles. The van der Waals surface area contributed by atoms with Gasteiger partial charge in [0.2, 0.25) is 0 Å². The molecule has 0 bridgehead atoms. The molecule has 0 aliphatic heterocycles. The van der Waals surface area contributed by atoms with Gasteiger partial charge in [0.25, 0.3) is 5.56 Å². The van der Waals surface area contributed by atoms with E-state index >= 15 is 0 Å². The minimum absolute atomic E-state index is 0.265. The highest BCUT2D eigenvalue weighted by Crippen LogP contribution is 2.30. The number of carbonyl (C=O) groups excluding carboxylic acids is 1. The van der Waals surface area contributed by atoms with E-state index in [-0.39, 0.29) is 12.5 Å². The number of nitrogens with zero attached hydrogens (tertiary/aromatic N) is 2. The van der Waals surface area contributed by atoms with Gasteiger partial charge in [-0.1, -0.05) is 31.2 Å². The number of aromatic amines is 1. The van der Waals surface area contributed by atoms with Crippen LogP contribution in [0.25, 0.3) is 21.8 Å². The molecule has 1 N–H and O–H groups in total. The summed E-state index contributed by atoms with van der Waals surface area (Å²) in [4.78, 5) is 42.6. The van der Waals surface area contributed by atoms with Gasteiger partial charge in [0, 0.05) is 22.7 Å². The Morgan fingerprint density at radius 1 is 1.10 bits per heavy atom. The van der Waals surface area contributed by atoms with Crippen LogP contribution in [0.15, 0.2) is 58.3 Å². The maximum Gasteiger partial charge on any atom is 0.332 e. The molecule has 0 aliphatic rings. The van der Waals surface area contributed by atoms with Crippen molar-refractivity contribution in [3.63, 3.8) is 0 Å². The summed E-state index contributed by atoms with van der Waals surface area (Å²) >= 11 is 0. The Bertz CT molecular complexity index is 1410. The predicted octanol–water partition coefficient (Wildman–Crippen LogP) is 3.69. The number of carbonyl (C=O) groups is 1. The lowest BCUT2D eigenvalue weighted by Gasteiger charge is -2.22. The molecule has 7 heteroatoms. The average molecular weight is 419 g/mol. The normalized spacial score (nSPS) is 13.4. The van der Waals surface area contributed by atoms with Crippen LogP contribution < -0.4 is 11.2 Å². The van der Waals surface area contributed by atoms with Gasteiger partial charge in [-0.25, -0.2) is 14.2 Å². The zero-order valence-corrected chi connectivity index (χ0v) is 18.0. The summed E-state index contributed by atoms with van der Waals surface area (Å²) in [5.74, 6) is -0.612. The number of rotatable bonds is 5. The topological polar surface area (TPSA) is 86.1 Å². The third-order valence-electron chi connectivity index (χ3n) is 5.98. The van der Waals surface area contributed by atoms with Crippen molar-refractivity contribution in [3.05, 3.63) is 80.6 Å². The van der Waals surface area contributed by atoms with Crippen LogP contribution in [0.3, 0.4) is 0 Å². The van der Waals surface area contributed by atoms with E-state index < -0.39 is 23.3 Å². The van der Waals surface area contributed by atoms with Crippen LogP contribution in [0.1, 0.15) is 43.5 Å². The van der Waals surface area contributed by atoms with Gasteiger partial charge in [-0.05, 0) is 44.0 Å². The van der Waals surface area contributed by atoms with Gasteiger partial charge in [-0.2, -0.15) is 0 Å². The number of fused-ring (bicyclic) bond motifs is 2. The smallest absolute Gasteiger partial charge is 0.332 e. The molecule has 0 radical (unpaired) electrons. The van der Waals surface area contributed by atoms with Gasteiger partial charge in [-0.3, -0.25) is 9.36 Å². The summed E-state index contributed by atoms with van der Waals surface area (Å²) in [7, 11) is 1.26. The monoisotopic (exact) mass is 419 g/mol. The summed E-state index contributed by atoms with van der Waals surface area (Å²) in [6, 6.07) is 11.6. The van der Waals surface area contributed by atoms with Crippen molar-refractivity contribution in [3.8, 4) is 0 Å². The number of methoxy groups -OCH3 is 1. The summed E-state index contributed by atoms with van der Waals surface area (Å²) in [5.41, 5.74) is 2.52. The summed E-state index contributed by atoms with van der Waals surface area (Å²) in [6.45, 7) is 5.70. The molecule has 0 aliphatic carbocycles. The molecular formula is C24H25N3O4. The van der Waals surface area contributed by atoms with E-state index in [2.05, 4.69) is 4.98 Å². The number of benzene rings is 2. The standard InChI is InChI=1S/C24H25N3O4/c1-5-19(23(29)31-4)27-22(28)16-10-6-7-12-20(16)26(24(27)30)15(3)17-13-25-18-11-8-9-14(2)21(17)18/h6-13,15,19,25H,5H2,1-4H3/t15?,19-/m0/s1. The van der Waals surface area contributed by atoms with E-state index in [0.29, 0.717) is 10.9 Å². The molecule has 0 fully saturated rings. The lowest BCUT2D eigenvalue weighted by atomic mass is 10.0. The molecular weight excluding hydrogens is 394 g/mol. The maximum atomic E-state index is 13.7. The predicted molar refractivity (Wildman–Crippen MR) is 121 cm³/mol. The number of hydrogen-bond acceptors (Lipinski definition) is 4. The molecule has 2 aromatic heterocycles. The van der Waals surface area contributed by atoms with Gasteiger partial charge in [0.05, 0.1) is 24.1 Å². The molecule has 1 unspecified atom stereocenters. The Labute approximate surface area is 178 Å². The van der Waals surface area contributed by atoms with Crippen molar-refractivity contribution >= 4 is 27.8 Å². The molecule has 2 atom stereocenters. The Balaban J connectivity index is 2.07. The number of para-hydroxylation sites is 1. The van der Waals surface area contributed by atoms with E-state index in [0.717, 1.165) is 26.6 Å². The molecule has 0 amide bonds. The fourth-order valence-electron chi connectivity index (χ4n) is 4.41. The van der Waals surface area contributed by atoms with Crippen LogP contribution in [0.2, 0.25) is 0 Å². The molecule has 0 spiro atoms. The maximum absolute atomic E-state index is 13.7. The van der Waals surface area contributed by atoms with Gasteiger partial charge >= 0.3 is 11.7 Å². The number of aryl methyl sites for hydroxylation is 1. The van der Waals surface area contributed by atoms with Gasteiger partial charge in [0.1, 0.15) is 6.04 Å². The molecule has 0 saturated heterocycles. The number of aromatic nitrogens is 3. The van der Waals surface area contributed by atoms with Crippen molar-refractivity contribution in [2.24, 2.45) is 0 Å². The fraction of sp³-hybridized carbons (Fsp3) is 0.292. The molecule has 4 aromatic rings. The minimum Gasteiger partial charge on any atom is -0.467 e. The SMILES string of the molecule is CC[C@@H](C(=O)OC)n1c(=O)c2ccccc2n(C(C)c2c[nH]c3cccc(C)c23)c1=O. The first-order chi connectivity index (χ1) is 14.9. The Kier molecular flexibility index (Phi) is 5.27. The second-order valence-electron chi connectivity index (χ2n) is 7.71. The third kappa shape index (κ3) is 3.17. The van der Waals surface area contributed by atoms with Crippen LogP contribution in [0, 0.1) is 6.92 Å². The van der Waals surface area contributed by atoms with E-state index in [9.17, 15) is 14.4 Å². The highest BCUT2D eigenvalue weighted by Gasteiger charge is 2.27. The third-order valence-corrected chi connectivity index (χ3v) is 5.98. The quantitative estimate of drug-likeness (QED) is 0.500. The van der Waals surface area contributed by atoms with Crippen molar-refractivity contribution in [2.75, 3.05) is 7.11 Å². The van der Waals surface area contributed by atoms with Crippen molar-refractivity contribution in [1.82, 2.24) is 14.1 Å². The summed E-state index contributed by atoms with van der Waals surface area (Å²) in [5, 5.41) is 1.43. The number of hydrogen-bond donors (Lipinski definition) is 1.